The number of nitro groups is 1. The Bertz CT molecular complexity index is 1190. The summed E-state index contributed by atoms with van der Waals surface area (Å²) in [5.74, 6) is -1.10. The fraction of sp³-hybridized carbons (Fsp3) is 0.350. The van der Waals surface area contributed by atoms with Gasteiger partial charge < -0.3 is 9.84 Å². The van der Waals surface area contributed by atoms with Gasteiger partial charge in [-0.25, -0.2) is 13.2 Å². The molecule has 1 aliphatic carbocycles. The third-order valence-corrected chi connectivity index (χ3v) is 6.87. The van der Waals surface area contributed by atoms with Crippen molar-refractivity contribution in [3.8, 4) is 0 Å². The lowest BCUT2D eigenvalue weighted by Crippen LogP contribution is -2.64. The van der Waals surface area contributed by atoms with Gasteiger partial charge in [-0.3, -0.25) is 10.1 Å². The average Bonchev–Trinajstić information content (AvgIpc) is 2.88. The van der Waals surface area contributed by atoms with E-state index in [1.54, 1.807) is 18.2 Å². The van der Waals surface area contributed by atoms with E-state index in [4.69, 9.17) is 4.74 Å². The molecule has 0 bridgehead atoms. The van der Waals surface area contributed by atoms with Crippen LogP contribution in [0.25, 0.3) is 4.98 Å². The molecule has 168 valence electrons. The van der Waals surface area contributed by atoms with Gasteiger partial charge in [-0.1, -0.05) is 24.3 Å². The van der Waals surface area contributed by atoms with Gasteiger partial charge in [-0.15, -0.1) is 0 Å². The molecule has 2 aromatic rings. The van der Waals surface area contributed by atoms with Gasteiger partial charge in [0.1, 0.15) is 4.98 Å². The molecule has 0 saturated heterocycles. The molecular weight excluding hydrogens is 440 g/mol. The number of ether oxygens (including phenoxy) is 1. The van der Waals surface area contributed by atoms with E-state index in [0.29, 0.717) is 18.4 Å². The lowest BCUT2D eigenvalue weighted by atomic mass is 9.80. The van der Waals surface area contributed by atoms with Gasteiger partial charge in [-0.05, 0) is 37.5 Å². The smallest absolute Gasteiger partial charge is 0.460 e. The first kappa shape index (κ1) is 23.3. The summed E-state index contributed by atoms with van der Waals surface area (Å²) in [6.45, 7) is 1.43. The lowest BCUT2D eigenvalue weighted by Gasteiger charge is -2.32. The Labute approximate surface area is 183 Å². The molecule has 2 unspecified atom stereocenters. The Kier molecular flexibility index (Phi) is 6.27. The molecule has 0 amide bonds. The minimum absolute atomic E-state index is 0.0360. The number of carbonyl (C=O) groups is 1. The van der Waals surface area contributed by atoms with Crippen molar-refractivity contribution in [2.45, 2.75) is 42.3 Å². The van der Waals surface area contributed by atoms with Gasteiger partial charge in [0.15, 0.2) is 0 Å². The number of carbonyl (C=O) groups excluding carboxylic acids is 1. The van der Waals surface area contributed by atoms with Gasteiger partial charge in [0.2, 0.25) is 15.4 Å². The number of non-ortho nitro benzene ring substituents is 1. The minimum Gasteiger partial charge on any atom is -0.460 e. The number of aryl methyl sites for hydroxylation is 1. The molecule has 0 aromatic heterocycles. The van der Waals surface area contributed by atoms with Gasteiger partial charge in [-0.2, -0.15) is 4.72 Å². The highest BCUT2D eigenvalue weighted by molar-refractivity contribution is 7.89. The molecule has 0 fully saturated rings. The van der Waals surface area contributed by atoms with Crippen LogP contribution in [0.4, 0.5) is 5.69 Å². The summed E-state index contributed by atoms with van der Waals surface area (Å²) in [7, 11) is -4.55. The number of rotatable bonds is 6. The van der Waals surface area contributed by atoms with Crippen LogP contribution >= 0.6 is 0 Å². The van der Waals surface area contributed by atoms with Crippen LogP contribution in [0, 0.1) is 15.5 Å². The molecule has 3 rings (SSSR count). The Morgan fingerprint density at radius 2 is 1.94 bits per heavy atom. The van der Waals surface area contributed by atoms with E-state index < -0.39 is 37.1 Å². The number of nitrogens with zero attached hydrogens (tertiary/aromatic N) is 3. The van der Waals surface area contributed by atoms with Gasteiger partial charge in [0, 0.05) is 17.7 Å². The summed E-state index contributed by atoms with van der Waals surface area (Å²) in [5.41, 5.74) is -4.83. The number of fused-ring (bicyclic) bond motifs is 1. The Hall–Kier alpha value is -3.40. The largest absolute Gasteiger partial charge is 0.462 e. The summed E-state index contributed by atoms with van der Waals surface area (Å²) in [4.78, 5) is 25.9. The summed E-state index contributed by atoms with van der Waals surface area (Å²) in [6, 6.07) is 10.3. The molecule has 2 atom stereocenters. The number of nitro benzene ring substituents is 1. The quantitative estimate of drug-likeness (QED) is 0.165. The van der Waals surface area contributed by atoms with Crippen molar-refractivity contribution in [1.29, 1.82) is 5.39 Å². The maximum Gasteiger partial charge on any atom is 0.462 e. The van der Waals surface area contributed by atoms with Crippen molar-refractivity contribution >= 4 is 21.7 Å². The first-order valence-corrected chi connectivity index (χ1v) is 11.2. The van der Waals surface area contributed by atoms with E-state index in [-0.39, 0.29) is 24.3 Å². The molecular formula is C20H21N4O7S+. The molecule has 32 heavy (non-hydrogen) atoms. The van der Waals surface area contributed by atoms with E-state index >= 15 is 0 Å². The number of diazo groups is 1. The second kappa shape index (κ2) is 8.62. The third kappa shape index (κ3) is 3.81. The maximum atomic E-state index is 13.2. The van der Waals surface area contributed by atoms with Crippen molar-refractivity contribution in [1.82, 2.24) is 4.72 Å². The predicted molar refractivity (Wildman–Crippen MR) is 111 cm³/mol. The summed E-state index contributed by atoms with van der Waals surface area (Å²) in [6.07, 6.45) is 0.464. The molecule has 2 N–H and O–H groups in total. The SMILES string of the molecule is CCOC(=O)C1([N+]#N)CCCc2ccccc2C1(O)NS(=O)(=O)c1ccc([N+](=O)[O-])cc1. The fourth-order valence-electron chi connectivity index (χ4n) is 3.83. The zero-order valence-corrected chi connectivity index (χ0v) is 17.9. The van der Waals surface area contributed by atoms with Crippen LogP contribution < -0.4 is 4.72 Å². The van der Waals surface area contributed by atoms with Crippen molar-refractivity contribution in [2.24, 2.45) is 0 Å². The second-order valence-electron chi connectivity index (χ2n) is 7.26. The highest BCUT2D eigenvalue weighted by atomic mass is 32.2. The summed E-state index contributed by atoms with van der Waals surface area (Å²) < 4.78 is 33.5. The van der Waals surface area contributed by atoms with Crippen LogP contribution in [0.5, 0.6) is 0 Å². The molecule has 0 aliphatic heterocycles. The van der Waals surface area contributed by atoms with E-state index in [1.807, 2.05) is 0 Å². The molecule has 0 radical (unpaired) electrons. The second-order valence-corrected chi connectivity index (χ2v) is 8.94. The highest BCUT2D eigenvalue weighted by Crippen LogP contribution is 2.44. The van der Waals surface area contributed by atoms with Crippen molar-refractivity contribution in [3.05, 3.63) is 74.7 Å². The fourth-order valence-corrected chi connectivity index (χ4v) is 5.11. The van der Waals surface area contributed by atoms with E-state index in [9.17, 15) is 33.8 Å². The minimum atomic E-state index is -4.55. The van der Waals surface area contributed by atoms with E-state index in [0.717, 1.165) is 24.3 Å². The molecule has 2 aromatic carbocycles. The first-order chi connectivity index (χ1) is 15.1. The zero-order chi connectivity index (χ0) is 23.6. The topological polar surface area (TPSA) is 164 Å². The van der Waals surface area contributed by atoms with E-state index in [2.05, 4.69) is 9.70 Å². The molecule has 11 nitrogen and oxygen atoms in total. The Balaban J connectivity index is 2.20. The van der Waals surface area contributed by atoms with Crippen LogP contribution in [0.15, 0.2) is 53.4 Å². The lowest BCUT2D eigenvalue weighted by molar-refractivity contribution is -0.384. The average molecular weight is 461 g/mol. The van der Waals surface area contributed by atoms with Crippen LogP contribution in [0.2, 0.25) is 0 Å². The van der Waals surface area contributed by atoms with Crippen LogP contribution in [0.3, 0.4) is 0 Å². The van der Waals surface area contributed by atoms with Crippen LogP contribution in [0.1, 0.15) is 30.9 Å². The number of sulfonamides is 1. The molecule has 12 heteroatoms. The number of benzene rings is 2. The predicted octanol–water partition coefficient (Wildman–Crippen LogP) is 2.21. The number of hydrogen-bond donors (Lipinski definition) is 2. The van der Waals surface area contributed by atoms with Crippen molar-refractivity contribution in [3.63, 3.8) is 0 Å². The Morgan fingerprint density at radius 1 is 1.28 bits per heavy atom. The normalized spacial score (nSPS) is 22.8. The first-order valence-electron chi connectivity index (χ1n) is 9.74. The van der Waals surface area contributed by atoms with E-state index in [1.165, 1.54) is 13.0 Å². The zero-order valence-electron chi connectivity index (χ0n) is 17.1. The van der Waals surface area contributed by atoms with Gasteiger partial charge >= 0.3 is 11.5 Å². The molecule has 0 saturated carbocycles. The summed E-state index contributed by atoms with van der Waals surface area (Å²) in [5, 5.41) is 32.6. The standard InChI is InChI=1S/C20H21N4O7S/c1-2-31-18(25)19(22-21)13-5-7-14-6-3-4-8-17(14)20(19,26)23-32(29,30)16-11-9-15(10-12-16)24(27)28/h3-4,6,8-12,23,26H,2,5,7,13H2,1H3/q+1. The van der Waals surface area contributed by atoms with Gasteiger partial charge in [0.05, 0.1) is 22.8 Å². The third-order valence-electron chi connectivity index (χ3n) is 5.41. The van der Waals surface area contributed by atoms with Crippen molar-refractivity contribution in [2.75, 3.05) is 6.61 Å². The number of aliphatic hydroxyl groups is 1. The molecule has 0 heterocycles. The number of esters is 1. The van der Waals surface area contributed by atoms with Crippen LogP contribution in [-0.4, -0.2) is 36.6 Å². The highest BCUT2D eigenvalue weighted by Gasteiger charge is 2.73. The van der Waals surface area contributed by atoms with Crippen molar-refractivity contribution < 1.29 is 28.0 Å². The maximum absolute atomic E-state index is 13.2. The molecule has 0 spiro atoms. The number of hydrogen-bond acceptors (Lipinski definition) is 8. The number of nitrogens with one attached hydrogen (secondary N) is 1. The monoisotopic (exact) mass is 461 g/mol. The van der Waals surface area contributed by atoms with Crippen LogP contribution in [-0.2, 0) is 31.7 Å². The summed E-state index contributed by atoms with van der Waals surface area (Å²) >= 11 is 0. The Morgan fingerprint density at radius 3 is 2.53 bits per heavy atom. The van der Waals surface area contributed by atoms with Gasteiger partial charge in [0.25, 0.3) is 11.4 Å². The molecule has 1 aliphatic rings.